The summed E-state index contributed by atoms with van der Waals surface area (Å²) in [5.41, 5.74) is 2.51. The third-order valence-corrected chi connectivity index (χ3v) is 6.21. The van der Waals surface area contributed by atoms with Crippen molar-refractivity contribution >= 4 is 28.9 Å². The molecule has 2 aromatic carbocycles. The quantitative estimate of drug-likeness (QED) is 0.680. The van der Waals surface area contributed by atoms with E-state index >= 15 is 0 Å². The van der Waals surface area contributed by atoms with E-state index in [0.29, 0.717) is 17.5 Å². The van der Waals surface area contributed by atoms with Gasteiger partial charge in [-0.2, -0.15) is 0 Å². The van der Waals surface area contributed by atoms with Gasteiger partial charge in [0.1, 0.15) is 0 Å². The maximum atomic E-state index is 12.3. The molecule has 0 aromatic heterocycles. The molecule has 2 aromatic rings. The molecule has 2 fully saturated rings. The number of benzene rings is 2. The van der Waals surface area contributed by atoms with Crippen molar-refractivity contribution < 1.29 is 9.59 Å². The number of anilines is 3. The molecule has 5 heteroatoms. The van der Waals surface area contributed by atoms with Gasteiger partial charge in [0.05, 0.1) is 0 Å². The van der Waals surface area contributed by atoms with E-state index in [-0.39, 0.29) is 6.04 Å². The first-order chi connectivity index (χ1) is 13.6. The predicted molar refractivity (Wildman–Crippen MR) is 111 cm³/mol. The lowest BCUT2D eigenvalue weighted by molar-refractivity contribution is -0.136. The van der Waals surface area contributed by atoms with E-state index in [1.54, 1.807) is 12.1 Å². The number of amides is 2. The van der Waals surface area contributed by atoms with Crippen LogP contribution in [0.15, 0.2) is 54.6 Å². The highest BCUT2D eigenvalue weighted by Crippen LogP contribution is 2.49. The van der Waals surface area contributed by atoms with E-state index in [0.717, 1.165) is 17.3 Å². The Morgan fingerprint density at radius 2 is 1.54 bits per heavy atom. The second-order valence-corrected chi connectivity index (χ2v) is 8.12. The van der Waals surface area contributed by atoms with Gasteiger partial charge in [-0.05, 0) is 80.3 Å². The Labute approximate surface area is 165 Å². The zero-order valence-corrected chi connectivity index (χ0v) is 16.2. The van der Waals surface area contributed by atoms with Gasteiger partial charge < -0.3 is 16.0 Å². The molecule has 146 valence electrons. The number of nitrogens with one attached hydrogen (secondary N) is 3. The van der Waals surface area contributed by atoms with E-state index in [2.05, 4.69) is 16.0 Å². The summed E-state index contributed by atoms with van der Waals surface area (Å²) in [5.74, 6) is 0.888. The smallest absolute Gasteiger partial charge is 0.313 e. The molecule has 2 bridgehead atoms. The Hall–Kier alpha value is -2.82. The molecule has 0 heterocycles. The number of para-hydroxylation sites is 1. The minimum atomic E-state index is -0.612. The van der Waals surface area contributed by atoms with Gasteiger partial charge in [0.15, 0.2) is 0 Å². The van der Waals surface area contributed by atoms with Gasteiger partial charge in [0.25, 0.3) is 0 Å². The fraction of sp³-hybridized carbons (Fsp3) is 0.391. The lowest BCUT2D eigenvalue weighted by atomic mass is 9.84. The number of hydrogen-bond acceptors (Lipinski definition) is 3. The third-order valence-electron chi connectivity index (χ3n) is 6.21. The van der Waals surface area contributed by atoms with Gasteiger partial charge in [0.2, 0.25) is 0 Å². The van der Waals surface area contributed by atoms with Crippen LogP contribution >= 0.6 is 0 Å². The zero-order chi connectivity index (χ0) is 19.5. The van der Waals surface area contributed by atoms with Crippen LogP contribution in [-0.4, -0.2) is 17.9 Å². The largest absolute Gasteiger partial charge is 0.356 e. The van der Waals surface area contributed by atoms with E-state index in [1.165, 1.54) is 25.7 Å². The Bertz CT molecular complexity index is 835. The summed E-state index contributed by atoms with van der Waals surface area (Å²) in [4.78, 5) is 24.6. The summed E-state index contributed by atoms with van der Waals surface area (Å²) >= 11 is 0. The minimum absolute atomic E-state index is 0.0472. The van der Waals surface area contributed by atoms with Crippen molar-refractivity contribution in [2.24, 2.45) is 17.8 Å². The van der Waals surface area contributed by atoms with E-state index in [1.807, 2.05) is 49.4 Å². The van der Waals surface area contributed by atoms with Crippen molar-refractivity contribution in [3.05, 3.63) is 54.6 Å². The summed E-state index contributed by atoms with van der Waals surface area (Å²) < 4.78 is 0. The standard InChI is InChI=1S/C23H27N3O2/c1-15(21-14-16-7-8-17(21)13-16)24-22(27)23(28)26-20-11-9-19(10-12-20)25-18-5-3-2-4-6-18/h2-6,9-12,15-17,21,25H,7-8,13-14H2,1H3,(H,24,27)(H,26,28). The molecule has 4 atom stereocenters. The summed E-state index contributed by atoms with van der Waals surface area (Å²) in [5, 5.41) is 8.88. The number of rotatable bonds is 5. The third kappa shape index (κ3) is 4.19. The molecular weight excluding hydrogens is 350 g/mol. The first kappa shape index (κ1) is 18.5. The van der Waals surface area contributed by atoms with Crippen molar-refractivity contribution in [2.75, 3.05) is 10.6 Å². The molecule has 28 heavy (non-hydrogen) atoms. The summed E-state index contributed by atoms with van der Waals surface area (Å²) in [6, 6.07) is 17.2. The summed E-state index contributed by atoms with van der Waals surface area (Å²) in [6.07, 6.45) is 5.08. The zero-order valence-electron chi connectivity index (χ0n) is 16.2. The van der Waals surface area contributed by atoms with Crippen LogP contribution in [0.3, 0.4) is 0 Å². The second-order valence-electron chi connectivity index (χ2n) is 8.12. The molecule has 0 spiro atoms. The molecule has 0 saturated heterocycles. The summed E-state index contributed by atoms with van der Waals surface area (Å²) in [6.45, 7) is 2.03. The van der Waals surface area contributed by atoms with Crippen molar-refractivity contribution in [3.63, 3.8) is 0 Å². The van der Waals surface area contributed by atoms with Gasteiger partial charge >= 0.3 is 11.8 Å². The maximum Gasteiger partial charge on any atom is 0.313 e. The maximum absolute atomic E-state index is 12.3. The molecule has 2 aliphatic carbocycles. The molecule has 4 unspecified atom stereocenters. The first-order valence-electron chi connectivity index (χ1n) is 10.1. The Morgan fingerprint density at radius 1 is 0.857 bits per heavy atom. The normalized spacial score (nSPS) is 23.8. The predicted octanol–water partition coefficient (Wildman–Crippen LogP) is 4.31. The Morgan fingerprint density at radius 3 is 2.18 bits per heavy atom. The molecule has 5 nitrogen and oxygen atoms in total. The molecule has 2 aliphatic rings. The van der Waals surface area contributed by atoms with Crippen LogP contribution in [0.1, 0.15) is 32.6 Å². The van der Waals surface area contributed by atoms with Crippen molar-refractivity contribution in [1.29, 1.82) is 0 Å². The van der Waals surface area contributed by atoms with E-state index < -0.39 is 11.8 Å². The van der Waals surface area contributed by atoms with Gasteiger partial charge in [-0.15, -0.1) is 0 Å². The monoisotopic (exact) mass is 377 g/mol. The lowest BCUT2D eigenvalue weighted by Gasteiger charge is -2.28. The highest BCUT2D eigenvalue weighted by atomic mass is 16.2. The first-order valence-corrected chi connectivity index (χ1v) is 10.1. The molecule has 0 aliphatic heterocycles. The van der Waals surface area contributed by atoms with Crippen LogP contribution in [0.25, 0.3) is 0 Å². The number of hydrogen-bond donors (Lipinski definition) is 3. The fourth-order valence-electron chi connectivity index (χ4n) is 4.80. The fourth-order valence-corrected chi connectivity index (χ4v) is 4.80. The van der Waals surface area contributed by atoms with Crippen molar-refractivity contribution in [2.45, 2.75) is 38.6 Å². The van der Waals surface area contributed by atoms with Crippen LogP contribution in [0.4, 0.5) is 17.1 Å². The van der Waals surface area contributed by atoms with Crippen LogP contribution < -0.4 is 16.0 Å². The van der Waals surface area contributed by atoms with Crippen molar-refractivity contribution in [1.82, 2.24) is 5.32 Å². The molecule has 0 radical (unpaired) electrons. The average molecular weight is 377 g/mol. The summed E-state index contributed by atoms with van der Waals surface area (Å²) in [7, 11) is 0. The highest BCUT2D eigenvalue weighted by Gasteiger charge is 2.42. The van der Waals surface area contributed by atoms with Gasteiger partial charge in [-0.25, -0.2) is 0 Å². The lowest BCUT2D eigenvalue weighted by Crippen LogP contribution is -2.45. The van der Waals surface area contributed by atoms with Crippen LogP contribution in [0.5, 0.6) is 0 Å². The molecule has 4 rings (SSSR count). The number of carbonyl (C=O) groups is 2. The molecular formula is C23H27N3O2. The van der Waals surface area contributed by atoms with Crippen LogP contribution in [0.2, 0.25) is 0 Å². The molecule has 2 saturated carbocycles. The van der Waals surface area contributed by atoms with Crippen LogP contribution in [-0.2, 0) is 9.59 Å². The second kappa shape index (κ2) is 8.05. The molecule has 2 amide bonds. The highest BCUT2D eigenvalue weighted by molar-refractivity contribution is 6.39. The molecule has 3 N–H and O–H groups in total. The number of carbonyl (C=O) groups excluding carboxylic acids is 2. The van der Waals surface area contributed by atoms with Gasteiger partial charge in [0, 0.05) is 23.1 Å². The van der Waals surface area contributed by atoms with Crippen molar-refractivity contribution in [3.8, 4) is 0 Å². The van der Waals surface area contributed by atoms with Gasteiger partial charge in [-0.3, -0.25) is 9.59 Å². The van der Waals surface area contributed by atoms with E-state index in [9.17, 15) is 9.59 Å². The van der Waals surface area contributed by atoms with Gasteiger partial charge in [-0.1, -0.05) is 24.6 Å². The Kier molecular flexibility index (Phi) is 5.33. The average Bonchev–Trinajstić information content (AvgIpc) is 3.34. The van der Waals surface area contributed by atoms with E-state index in [4.69, 9.17) is 0 Å². The SMILES string of the molecule is CC(NC(=O)C(=O)Nc1ccc(Nc2ccccc2)cc1)C1CC2CCC1C2. The number of fused-ring (bicyclic) bond motifs is 2. The van der Waals surface area contributed by atoms with Crippen LogP contribution in [0, 0.1) is 17.8 Å². The topological polar surface area (TPSA) is 70.2 Å². The minimum Gasteiger partial charge on any atom is -0.356 e. The Balaban J connectivity index is 1.28.